The van der Waals surface area contributed by atoms with Crippen LogP contribution < -0.4 is 11.1 Å². The van der Waals surface area contributed by atoms with Gasteiger partial charge in [-0.05, 0) is 65.2 Å². The van der Waals surface area contributed by atoms with Crippen LogP contribution in [0.5, 0.6) is 0 Å². The molecule has 236 valence electrons. The molecule has 0 bridgehead atoms. The Kier molecular flexibility index (Phi) is 8.36. The van der Waals surface area contributed by atoms with Crippen LogP contribution in [0.2, 0.25) is 0 Å². The van der Waals surface area contributed by atoms with Gasteiger partial charge in [-0.15, -0.1) is 0 Å². The van der Waals surface area contributed by atoms with Gasteiger partial charge >= 0.3 is 12.4 Å². The van der Waals surface area contributed by atoms with Gasteiger partial charge in [0.25, 0.3) is 5.91 Å². The summed E-state index contributed by atoms with van der Waals surface area (Å²) in [6, 6.07) is 12.6. The fourth-order valence-corrected chi connectivity index (χ4v) is 4.94. The molecule has 0 atom stereocenters. The maximum absolute atomic E-state index is 14.0. The second kappa shape index (κ2) is 11.9. The average molecular weight is 633 g/mol. The molecule has 45 heavy (non-hydrogen) atoms. The number of fused-ring (bicyclic) bond motifs is 1. The Morgan fingerprint density at radius 3 is 2.29 bits per heavy atom. The van der Waals surface area contributed by atoms with Crippen molar-refractivity contribution >= 4 is 34.7 Å². The van der Waals surface area contributed by atoms with Crippen molar-refractivity contribution < 1.29 is 45.5 Å². The molecule has 4 aromatic rings. The number of halogens is 6. The van der Waals surface area contributed by atoms with E-state index in [9.17, 15) is 41.0 Å². The van der Waals surface area contributed by atoms with Gasteiger partial charge in [-0.2, -0.15) is 26.3 Å². The predicted molar refractivity (Wildman–Crippen MR) is 152 cm³/mol. The van der Waals surface area contributed by atoms with E-state index in [1.54, 1.807) is 12.1 Å². The molecular weight excluding hydrogens is 606 g/mol. The Bertz CT molecular complexity index is 1740. The van der Waals surface area contributed by atoms with Crippen LogP contribution in [0, 0.1) is 0 Å². The Hall–Kier alpha value is -4.85. The maximum Gasteiger partial charge on any atom is 0.420 e. The molecule has 1 fully saturated rings. The number of likely N-dealkylation sites (tertiary alicyclic amines) is 1. The zero-order valence-corrected chi connectivity index (χ0v) is 23.4. The number of nitrogen functional groups attached to an aromatic ring is 1. The van der Waals surface area contributed by atoms with E-state index in [0.29, 0.717) is 16.9 Å². The lowest BCUT2D eigenvalue weighted by atomic mass is 9.90. The molecule has 2 aromatic carbocycles. The number of benzene rings is 2. The van der Waals surface area contributed by atoms with Crippen LogP contribution >= 0.6 is 0 Å². The SMILES string of the molecule is Nc1ccc(C=CC(=O)NCc2cc3cc(-c4ccc(C(=O)N5CCC(O)(C(F)(F)F)CC5)cc4)cc(C(F)(F)F)c3o2)cn1. The summed E-state index contributed by atoms with van der Waals surface area (Å²) >= 11 is 0. The Labute approximate surface area is 252 Å². The summed E-state index contributed by atoms with van der Waals surface area (Å²) in [7, 11) is 0. The fraction of sp³-hybridized carbons (Fsp3) is 0.258. The summed E-state index contributed by atoms with van der Waals surface area (Å²) in [5, 5.41) is 12.5. The van der Waals surface area contributed by atoms with E-state index in [4.69, 9.17) is 10.2 Å². The highest BCUT2D eigenvalue weighted by Gasteiger charge is 2.55. The summed E-state index contributed by atoms with van der Waals surface area (Å²) in [6.07, 6.45) is -6.70. The van der Waals surface area contributed by atoms with Crippen LogP contribution in [-0.2, 0) is 17.5 Å². The minimum Gasteiger partial charge on any atom is -0.459 e. The van der Waals surface area contributed by atoms with Gasteiger partial charge < -0.3 is 25.5 Å². The van der Waals surface area contributed by atoms with Crippen molar-refractivity contribution in [2.24, 2.45) is 0 Å². The van der Waals surface area contributed by atoms with E-state index in [-0.39, 0.29) is 41.9 Å². The number of pyridine rings is 1. The van der Waals surface area contributed by atoms with E-state index < -0.39 is 53.8 Å². The minimum atomic E-state index is -4.81. The second-order valence-corrected chi connectivity index (χ2v) is 10.6. The molecular formula is C31H26F6N4O4. The third-order valence-corrected chi connectivity index (χ3v) is 7.52. The number of nitrogens with two attached hydrogens (primary N) is 1. The number of nitrogens with one attached hydrogen (secondary N) is 1. The quantitative estimate of drug-likeness (QED) is 0.178. The zero-order chi connectivity index (χ0) is 32.6. The molecule has 1 aliphatic rings. The molecule has 8 nitrogen and oxygen atoms in total. The monoisotopic (exact) mass is 632 g/mol. The topological polar surface area (TPSA) is 122 Å². The number of carbonyl (C=O) groups is 2. The number of piperidine rings is 1. The van der Waals surface area contributed by atoms with Crippen molar-refractivity contribution in [2.75, 3.05) is 18.8 Å². The fourth-order valence-electron chi connectivity index (χ4n) is 4.94. The zero-order valence-electron chi connectivity index (χ0n) is 23.4. The van der Waals surface area contributed by atoms with Gasteiger partial charge in [-0.1, -0.05) is 12.1 Å². The highest BCUT2D eigenvalue weighted by atomic mass is 19.4. The number of hydrogen-bond donors (Lipinski definition) is 3. The van der Waals surface area contributed by atoms with Crippen molar-refractivity contribution in [3.63, 3.8) is 0 Å². The predicted octanol–water partition coefficient (Wildman–Crippen LogP) is 5.95. The molecule has 14 heteroatoms. The standard InChI is InChI=1S/C31H26F6N4O4/c32-30(33,34)24-15-21(19-3-5-20(6-4-19)28(43)41-11-9-29(44,10-12-41)31(35,36)37)13-22-14-23(45-27(22)24)17-40-26(42)8-2-18-1-7-25(38)39-16-18/h1-8,13-16,44H,9-12,17H2,(H2,38,39)(H,40,42). The third kappa shape index (κ3) is 6.95. The van der Waals surface area contributed by atoms with Crippen molar-refractivity contribution in [2.45, 2.75) is 37.3 Å². The van der Waals surface area contributed by atoms with Gasteiger partial charge in [0.1, 0.15) is 17.2 Å². The number of amides is 2. The van der Waals surface area contributed by atoms with Crippen LogP contribution in [-0.4, -0.2) is 51.7 Å². The molecule has 0 saturated carbocycles. The largest absolute Gasteiger partial charge is 0.459 e. The Morgan fingerprint density at radius 2 is 1.69 bits per heavy atom. The first kappa shape index (κ1) is 31.6. The van der Waals surface area contributed by atoms with Crippen LogP contribution in [0.1, 0.15) is 40.1 Å². The van der Waals surface area contributed by atoms with Gasteiger partial charge in [-0.25, -0.2) is 4.98 Å². The highest BCUT2D eigenvalue weighted by Crippen LogP contribution is 2.40. The lowest BCUT2D eigenvalue weighted by molar-refractivity contribution is -0.271. The van der Waals surface area contributed by atoms with Crippen molar-refractivity contribution in [3.05, 3.63) is 89.3 Å². The first-order valence-corrected chi connectivity index (χ1v) is 13.6. The number of anilines is 1. The van der Waals surface area contributed by atoms with Crippen LogP contribution in [0.15, 0.2) is 71.3 Å². The van der Waals surface area contributed by atoms with Gasteiger partial charge in [0, 0.05) is 49.2 Å². The molecule has 2 amide bonds. The van der Waals surface area contributed by atoms with E-state index >= 15 is 0 Å². The summed E-state index contributed by atoms with van der Waals surface area (Å²) < 4.78 is 86.9. The second-order valence-electron chi connectivity index (χ2n) is 10.6. The summed E-state index contributed by atoms with van der Waals surface area (Å²) in [5.74, 6) is -0.667. The number of aromatic nitrogens is 1. The number of aliphatic hydroxyl groups is 1. The molecule has 0 unspecified atom stereocenters. The number of alkyl halides is 6. The van der Waals surface area contributed by atoms with E-state index in [0.717, 1.165) is 6.07 Å². The normalized spacial score (nSPS) is 15.5. The molecule has 1 saturated heterocycles. The van der Waals surface area contributed by atoms with Crippen molar-refractivity contribution in [1.29, 1.82) is 0 Å². The number of carbonyl (C=O) groups excluding carboxylic acids is 2. The molecule has 1 aliphatic heterocycles. The smallest absolute Gasteiger partial charge is 0.420 e. The van der Waals surface area contributed by atoms with Gasteiger partial charge in [0.2, 0.25) is 5.91 Å². The number of nitrogens with zero attached hydrogens (tertiary/aromatic N) is 2. The average Bonchev–Trinajstić information content (AvgIpc) is 3.41. The summed E-state index contributed by atoms with van der Waals surface area (Å²) in [5.41, 5.74) is 2.51. The van der Waals surface area contributed by atoms with E-state index in [2.05, 4.69) is 10.3 Å². The van der Waals surface area contributed by atoms with Crippen molar-refractivity contribution in [1.82, 2.24) is 15.2 Å². The van der Waals surface area contributed by atoms with Crippen LogP contribution in [0.25, 0.3) is 28.2 Å². The summed E-state index contributed by atoms with van der Waals surface area (Å²) in [6.45, 7) is -0.790. The van der Waals surface area contributed by atoms with E-state index in [1.807, 2.05) is 0 Å². The lowest BCUT2D eigenvalue weighted by Gasteiger charge is -2.39. The van der Waals surface area contributed by atoms with E-state index in [1.165, 1.54) is 59.6 Å². The molecule has 0 spiro atoms. The molecule has 5 rings (SSSR count). The van der Waals surface area contributed by atoms with Crippen molar-refractivity contribution in [3.8, 4) is 11.1 Å². The third-order valence-electron chi connectivity index (χ3n) is 7.52. The Morgan fingerprint density at radius 1 is 1.00 bits per heavy atom. The van der Waals surface area contributed by atoms with Gasteiger partial charge in [-0.3, -0.25) is 9.59 Å². The Balaban J connectivity index is 1.31. The maximum atomic E-state index is 14.0. The number of furan rings is 1. The summed E-state index contributed by atoms with van der Waals surface area (Å²) in [4.78, 5) is 30.2. The number of hydrogen-bond acceptors (Lipinski definition) is 6. The minimum absolute atomic E-state index is 0.0865. The molecule has 0 aliphatic carbocycles. The molecule has 2 aromatic heterocycles. The first-order valence-electron chi connectivity index (χ1n) is 13.6. The van der Waals surface area contributed by atoms with Gasteiger partial charge in [0.15, 0.2) is 5.60 Å². The van der Waals surface area contributed by atoms with Gasteiger partial charge in [0.05, 0.1) is 12.1 Å². The lowest BCUT2D eigenvalue weighted by Crippen LogP contribution is -2.54. The molecule has 4 N–H and O–H groups in total. The molecule has 3 heterocycles. The number of rotatable bonds is 6. The first-order chi connectivity index (χ1) is 21.1. The highest BCUT2D eigenvalue weighted by molar-refractivity contribution is 5.95. The van der Waals surface area contributed by atoms with Crippen LogP contribution in [0.3, 0.4) is 0 Å². The molecule has 0 radical (unpaired) electrons. The van der Waals surface area contributed by atoms with Crippen LogP contribution in [0.4, 0.5) is 32.2 Å².